The van der Waals surface area contributed by atoms with Crippen LogP contribution in [-0.2, 0) is 25.8 Å². The van der Waals surface area contributed by atoms with Crippen molar-refractivity contribution < 1.29 is 18.0 Å². The van der Waals surface area contributed by atoms with E-state index in [1.165, 1.54) is 4.90 Å². The third-order valence-corrected chi connectivity index (χ3v) is 6.09. The van der Waals surface area contributed by atoms with Gasteiger partial charge in [-0.3, -0.25) is 9.59 Å². The predicted octanol–water partition coefficient (Wildman–Crippen LogP) is 0.659. The minimum Gasteiger partial charge on any atom is -0.351 e. The third kappa shape index (κ3) is 3.72. The van der Waals surface area contributed by atoms with Crippen molar-refractivity contribution in [2.45, 2.75) is 31.7 Å². The highest BCUT2D eigenvalue weighted by Gasteiger charge is 2.30. The van der Waals surface area contributed by atoms with E-state index < -0.39 is 9.84 Å². The highest BCUT2D eigenvalue weighted by atomic mass is 32.2. The molecule has 1 unspecified atom stereocenters. The first kappa shape index (κ1) is 16.0. The van der Waals surface area contributed by atoms with E-state index in [9.17, 15) is 18.0 Å². The number of hydrogen-bond acceptors (Lipinski definition) is 4. The molecule has 0 radical (unpaired) electrons. The van der Waals surface area contributed by atoms with Crippen LogP contribution < -0.4 is 10.2 Å². The largest absolute Gasteiger partial charge is 0.351 e. The fraction of sp³-hybridized carbons (Fsp3) is 0.500. The molecule has 7 heteroatoms. The molecule has 124 valence electrons. The number of benzene rings is 1. The van der Waals surface area contributed by atoms with Crippen LogP contribution in [0.3, 0.4) is 0 Å². The molecule has 1 aromatic rings. The van der Waals surface area contributed by atoms with Crippen LogP contribution >= 0.6 is 0 Å². The fourth-order valence-electron chi connectivity index (χ4n) is 3.18. The Kier molecular flexibility index (Phi) is 4.39. The van der Waals surface area contributed by atoms with Gasteiger partial charge in [-0.15, -0.1) is 0 Å². The summed E-state index contributed by atoms with van der Waals surface area (Å²) in [7, 11) is -3.03. The van der Waals surface area contributed by atoms with Gasteiger partial charge in [0.2, 0.25) is 11.8 Å². The predicted molar refractivity (Wildman–Crippen MR) is 86.9 cm³/mol. The van der Waals surface area contributed by atoms with Gasteiger partial charge in [-0.1, -0.05) is 18.2 Å². The summed E-state index contributed by atoms with van der Waals surface area (Å²) in [5.74, 6) is -0.270. The maximum absolute atomic E-state index is 12.3. The molecule has 1 aromatic carbocycles. The number of nitrogens with one attached hydrogen (secondary N) is 1. The highest BCUT2D eigenvalue weighted by Crippen LogP contribution is 2.26. The van der Waals surface area contributed by atoms with Gasteiger partial charge in [0.15, 0.2) is 9.84 Å². The zero-order valence-electron chi connectivity index (χ0n) is 12.8. The van der Waals surface area contributed by atoms with Crippen LogP contribution in [0.5, 0.6) is 0 Å². The summed E-state index contributed by atoms with van der Waals surface area (Å²) in [6.45, 7) is -0.0631. The average molecular weight is 336 g/mol. The summed E-state index contributed by atoms with van der Waals surface area (Å²) in [5, 5.41) is 2.74. The number of rotatable bonds is 3. The van der Waals surface area contributed by atoms with E-state index in [4.69, 9.17) is 0 Å². The van der Waals surface area contributed by atoms with Crippen LogP contribution in [0.2, 0.25) is 0 Å². The lowest BCUT2D eigenvalue weighted by atomic mass is 10.1. The van der Waals surface area contributed by atoms with Gasteiger partial charge in [-0.25, -0.2) is 8.42 Å². The maximum Gasteiger partial charge on any atom is 0.240 e. The lowest BCUT2D eigenvalue weighted by Gasteiger charge is -2.23. The van der Waals surface area contributed by atoms with Gasteiger partial charge in [-0.2, -0.15) is 0 Å². The molecule has 1 atom stereocenters. The van der Waals surface area contributed by atoms with Crippen LogP contribution in [0.25, 0.3) is 0 Å². The summed E-state index contributed by atoms with van der Waals surface area (Å²) < 4.78 is 22.9. The summed E-state index contributed by atoms with van der Waals surface area (Å²) in [5.41, 5.74) is 1.85. The molecule has 0 saturated carbocycles. The van der Waals surface area contributed by atoms with E-state index in [-0.39, 0.29) is 35.9 Å². The number of fused-ring (bicyclic) bond motifs is 1. The number of anilines is 1. The van der Waals surface area contributed by atoms with E-state index >= 15 is 0 Å². The van der Waals surface area contributed by atoms with Crippen molar-refractivity contribution in [3.8, 4) is 0 Å². The average Bonchev–Trinajstić information content (AvgIpc) is 2.75. The van der Waals surface area contributed by atoms with Crippen molar-refractivity contribution in [3.63, 3.8) is 0 Å². The van der Waals surface area contributed by atoms with Crippen molar-refractivity contribution in [2.24, 2.45) is 0 Å². The van der Waals surface area contributed by atoms with Crippen molar-refractivity contribution in [2.75, 3.05) is 23.0 Å². The second-order valence-corrected chi connectivity index (χ2v) is 8.36. The van der Waals surface area contributed by atoms with Gasteiger partial charge in [0, 0.05) is 18.2 Å². The summed E-state index contributed by atoms with van der Waals surface area (Å²) in [4.78, 5) is 26.1. The molecule has 0 aromatic heterocycles. The van der Waals surface area contributed by atoms with E-state index in [1.54, 1.807) is 0 Å². The molecule has 1 fully saturated rings. The number of carbonyl (C=O) groups excluding carboxylic acids is 2. The monoisotopic (exact) mass is 336 g/mol. The second-order valence-electron chi connectivity index (χ2n) is 6.13. The molecule has 2 aliphatic heterocycles. The molecule has 2 heterocycles. The quantitative estimate of drug-likeness (QED) is 0.879. The first-order valence-corrected chi connectivity index (χ1v) is 9.65. The van der Waals surface area contributed by atoms with Gasteiger partial charge in [0.05, 0.1) is 11.5 Å². The van der Waals surface area contributed by atoms with Gasteiger partial charge < -0.3 is 10.2 Å². The van der Waals surface area contributed by atoms with Crippen LogP contribution in [0, 0.1) is 0 Å². The van der Waals surface area contributed by atoms with Crippen molar-refractivity contribution in [3.05, 3.63) is 29.8 Å². The topological polar surface area (TPSA) is 83.6 Å². The number of carbonyl (C=O) groups is 2. The van der Waals surface area contributed by atoms with E-state index in [2.05, 4.69) is 5.32 Å². The molecule has 2 amide bonds. The van der Waals surface area contributed by atoms with Crippen LogP contribution in [0.15, 0.2) is 24.3 Å². The zero-order valence-corrected chi connectivity index (χ0v) is 13.6. The van der Waals surface area contributed by atoms with Gasteiger partial charge in [-0.05, 0) is 30.9 Å². The minimum absolute atomic E-state index is 0.0106. The number of amides is 2. The van der Waals surface area contributed by atoms with Crippen molar-refractivity contribution >= 4 is 27.3 Å². The summed E-state index contributed by atoms with van der Waals surface area (Å²) in [6, 6.07) is 7.26. The summed E-state index contributed by atoms with van der Waals surface area (Å²) in [6.07, 6.45) is 2.45. The Morgan fingerprint density at radius 2 is 2.04 bits per heavy atom. The Bertz CT molecular complexity index is 729. The molecule has 1 saturated heterocycles. The Balaban J connectivity index is 1.71. The number of hydrogen-bond donors (Lipinski definition) is 1. The van der Waals surface area contributed by atoms with E-state index in [1.807, 2.05) is 24.3 Å². The molecule has 0 bridgehead atoms. The van der Waals surface area contributed by atoms with E-state index in [0.29, 0.717) is 12.8 Å². The van der Waals surface area contributed by atoms with Crippen molar-refractivity contribution in [1.82, 2.24) is 5.32 Å². The Morgan fingerprint density at radius 3 is 2.78 bits per heavy atom. The molecular weight excluding hydrogens is 316 g/mol. The number of aryl methyl sites for hydroxylation is 1. The standard InChI is InChI=1S/C16H20N2O4S/c19-15(17-13-8-9-23(21,22)11-13)10-18-14-6-2-1-4-12(14)5-3-7-16(18)20/h1-2,4,6,13H,3,5,7-11H2,(H,17,19). The zero-order chi connectivity index (χ0) is 16.4. The first-order chi connectivity index (χ1) is 10.9. The molecule has 0 aliphatic carbocycles. The van der Waals surface area contributed by atoms with Crippen LogP contribution in [0.1, 0.15) is 24.8 Å². The molecular formula is C16H20N2O4S. The normalized spacial score (nSPS) is 23.2. The number of nitrogens with zero attached hydrogens (tertiary/aromatic N) is 1. The smallest absolute Gasteiger partial charge is 0.240 e. The number of para-hydroxylation sites is 1. The highest BCUT2D eigenvalue weighted by molar-refractivity contribution is 7.91. The Labute approximate surface area is 135 Å². The van der Waals surface area contributed by atoms with Crippen LogP contribution in [-0.4, -0.2) is 44.3 Å². The minimum atomic E-state index is -3.03. The molecule has 3 rings (SSSR count). The fourth-order valence-corrected chi connectivity index (χ4v) is 4.86. The van der Waals surface area contributed by atoms with Crippen LogP contribution in [0.4, 0.5) is 5.69 Å². The van der Waals surface area contributed by atoms with Crippen molar-refractivity contribution in [1.29, 1.82) is 0 Å². The SMILES string of the molecule is O=C(CN1C(=O)CCCc2ccccc21)NC1CCS(=O)(=O)C1. The Morgan fingerprint density at radius 1 is 1.26 bits per heavy atom. The molecule has 6 nitrogen and oxygen atoms in total. The molecule has 0 spiro atoms. The van der Waals surface area contributed by atoms with Gasteiger partial charge >= 0.3 is 0 Å². The van der Waals surface area contributed by atoms with E-state index in [0.717, 1.165) is 24.1 Å². The van der Waals surface area contributed by atoms with Gasteiger partial charge in [0.1, 0.15) is 6.54 Å². The Hall–Kier alpha value is -1.89. The third-order valence-electron chi connectivity index (χ3n) is 4.32. The lowest BCUT2D eigenvalue weighted by Crippen LogP contribution is -2.44. The number of sulfone groups is 1. The van der Waals surface area contributed by atoms with Gasteiger partial charge in [0.25, 0.3) is 0 Å². The molecule has 1 N–H and O–H groups in total. The lowest BCUT2D eigenvalue weighted by molar-refractivity contribution is -0.124. The second kappa shape index (κ2) is 6.31. The summed E-state index contributed by atoms with van der Waals surface area (Å²) >= 11 is 0. The molecule has 2 aliphatic rings. The first-order valence-electron chi connectivity index (χ1n) is 7.83. The molecule has 23 heavy (non-hydrogen) atoms. The maximum atomic E-state index is 12.3.